The van der Waals surface area contributed by atoms with Crippen molar-refractivity contribution in [3.63, 3.8) is 0 Å². The molecular formula is C18H19NO4. The van der Waals surface area contributed by atoms with Crippen LogP contribution in [0.3, 0.4) is 0 Å². The van der Waals surface area contributed by atoms with E-state index in [4.69, 9.17) is 4.42 Å². The SMILES string of the molecule is CC1(O)c2c(c3ccccc3oc2=O)C(=O)N1C1CCCCC1. The van der Waals surface area contributed by atoms with Crippen LogP contribution in [0.4, 0.5) is 0 Å². The molecule has 23 heavy (non-hydrogen) atoms. The predicted molar refractivity (Wildman–Crippen MR) is 85.1 cm³/mol. The summed E-state index contributed by atoms with van der Waals surface area (Å²) in [7, 11) is 0. The summed E-state index contributed by atoms with van der Waals surface area (Å²) in [6.45, 7) is 1.52. The maximum Gasteiger partial charge on any atom is 0.345 e. The van der Waals surface area contributed by atoms with Crippen LogP contribution in [-0.4, -0.2) is 22.0 Å². The summed E-state index contributed by atoms with van der Waals surface area (Å²) in [5, 5.41) is 11.6. The van der Waals surface area contributed by atoms with Crippen LogP contribution in [0, 0.1) is 0 Å². The molecule has 2 aliphatic rings. The molecule has 1 amide bonds. The van der Waals surface area contributed by atoms with Crippen LogP contribution in [-0.2, 0) is 5.72 Å². The van der Waals surface area contributed by atoms with Crippen LogP contribution in [0.1, 0.15) is 54.9 Å². The Morgan fingerprint density at radius 3 is 2.61 bits per heavy atom. The third-order valence-electron chi connectivity index (χ3n) is 5.13. The Kier molecular flexibility index (Phi) is 3.10. The quantitative estimate of drug-likeness (QED) is 0.822. The zero-order valence-corrected chi connectivity index (χ0v) is 13.0. The standard InChI is InChI=1S/C18H19NO4/c1-18(22)15-14(12-9-5-6-10-13(12)23-17(15)21)16(20)19(18)11-7-3-2-4-8-11/h5-6,9-11,22H,2-4,7-8H2,1H3. The number of nitrogens with zero attached hydrogens (tertiary/aromatic N) is 1. The molecule has 0 radical (unpaired) electrons. The second kappa shape index (κ2) is 4.93. The third-order valence-corrected chi connectivity index (χ3v) is 5.13. The third kappa shape index (κ3) is 1.96. The van der Waals surface area contributed by atoms with E-state index in [1.165, 1.54) is 11.8 Å². The molecule has 0 spiro atoms. The Bertz CT molecular complexity index is 846. The number of aliphatic hydroxyl groups is 1. The van der Waals surface area contributed by atoms with Crippen molar-refractivity contribution in [2.45, 2.75) is 50.8 Å². The Balaban J connectivity index is 1.95. The van der Waals surface area contributed by atoms with Crippen molar-refractivity contribution in [1.82, 2.24) is 4.90 Å². The largest absolute Gasteiger partial charge is 0.422 e. The van der Waals surface area contributed by atoms with Gasteiger partial charge in [0.2, 0.25) is 0 Å². The molecule has 1 aliphatic heterocycles. The van der Waals surface area contributed by atoms with Crippen molar-refractivity contribution in [2.75, 3.05) is 0 Å². The van der Waals surface area contributed by atoms with Gasteiger partial charge in [-0.2, -0.15) is 0 Å². The van der Waals surface area contributed by atoms with E-state index in [9.17, 15) is 14.7 Å². The molecule has 0 saturated heterocycles. The Hall–Kier alpha value is -2.14. The number of amides is 1. The van der Waals surface area contributed by atoms with E-state index in [1.54, 1.807) is 24.3 Å². The van der Waals surface area contributed by atoms with E-state index in [1.807, 2.05) is 0 Å². The molecule has 1 N–H and O–H groups in total. The average molecular weight is 313 g/mol. The second-order valence-electron chi connectivity index (χ2n) is 6.62. The van der Waals surface area contributed by atoms with Crippen molar-refractivity contribution in [1.29, 1.82) is 0 Å². The topological polar surface area (TPSA) is 70.8 Å². The van der Waals surface area contributed by atoms with E-state index in [-0.39, 0.29) is 17.5 Å². The van der Waals surface area contributed by atoms with Gasteiger partial charge in [-0.25, -0.2) is 4.79 Å². The Morgan fingerprint density at radius 1 is 1.17 bits per heavy atom. The van der Waals surface area contributed by atoms with Crippen LogP contribution < -0.4 is 5.63 Å². The highest BCUT2D eigenvalue weighted by Crippen LogP contribution is 2.42. The monoisotopic (exact) mass is 313 g/mol. The minimum absolute atomic E-state index is 0.0307. The normalized spacial score (nSPS) is 25.1. The molecule has 2 heterocycles. The van der Waals surface area contributed by atoms with Gasteiger partial charge in [0.25, 0.3) is 5.91 Å². The number of rotatable bonds is 1. The lowest BCUT2D eigenvalue weighted by Gasteiger charge is -2.38. The highest BCUT2D eigenvalue weighted by Gasteiger charge is 2.51. The first-order chi connectivity index (χ1) is 11.0. The highest BCUT2D eigenvalue weighted by molar-refractivity contribution is 6.09. The lowest BCUT2D eigenvalue weighted by molar-refractivity contribution is -0.0942. The number of carbonyl (C=O) groups is 1. The lowest BCUT2D eigenvalue weighted by atomic mass is 9.93. The minimum Gasteiger partial charge on any atom is -0.422 e. The van der Waals surface area contributed by atoms with E-state index >= 15 is 0 Å². The number of carbonyl (C=O) groups excluding carboxylic acids is 1. The molecule has 1 aliphatic carbocycles. The first kappa shape index (κ1) is 14.5. The molecule has 1 aromatic heterocycles. The molecule has 5 heteroatoms. The maximum atomic E-state index is 13.1. The number of para-hydroxylation sites is 1. The molecule has 1 aromatic carbocycles. The van der Waals surface area contributed by atoms with Crippen LogP contribution >= 0.6 is 0 Å². The Morgan fingerprint density at radius 2 is 1.87 bits per heavy atom. The summed E-state index contributed by atoms with van der Waals surface area (Å²) in [6, 6.07) is 6.96. The average Bonchev–Trinajstić information content (AvgIpc) is 2.75. The van der Waals surface area contributed by atoms with Crippen molar-refractivity contribution < 1.29 is 14.3 Å². The van der Waals surface area contributed by atoms with Gasteiger partial charge >= 0.3 is 5.63 Å². The zero-order valence-electron chi connectivity index (χ0n) is 13.0. The fraction of sp³-hybridized carbons (Fsp3) is 0.444. The van der Waals surface area contributed by atoms with Crippen LogP contribution in [0.5, 0.6) is 0 Å². The summed E-state index contributed by atoms with van der Waals surface area (Å²) in [4.78, 5) is 27.0. The van der Waals surface area contributed by atoms with E-state index < -0.39 is 11.4 Å². The molecule has 1 saturated carbocycles. The minimum atomic E-state index is -1.61. The van der Waals surface area contributed by atoms with Gasteiger partial charge in [-0.3, -0.25) is 4.79 Å². The van der Waals surface area contributed by atoms with Crippen molar-refractivity contribution in [3.8, 4) is 0 Å². The van der Waals surface area contributed by atoms with E-state index in [0.717, 1.165) is 32.1 Å². The first-order valence-corrected chi connectivity index (χ1v) is 8.14. The smallest absolute Gasteiger partial charge is 0.345 e. The van der Waals surface area contributed by atoms with Gasteiger partial charge in [0.1, 0.15) is 11.1 Å². The molecule has 2 aromatic rings. The lowest BCUT2D eigenvalue weighted by Crippen LogP contribution is -2.49. The predicted octanol–water partition coefficient (Wildman–Crippen LogP) is 2.75. The summed E-state index contributed by atoms with van der Waals surface area (Å²) in [5.74, 6) is -0.263. The molecule has 1 fully saturated rings. The summed E-state index contributed by atoms with van der Waals surface area (Å²) < 4.78 is 5.33. The summed E-state index contributed by atoms with van der Waals surface area (Å²) in [6.07, 6.45) is 4.95. The molecule has 5 nitrogen and oxygen atoms in total. The van der Waals surface area contributed by atoms with Gasteiger partial charge in [-0.15, -0.1) is 0 Å². The van der Waals surface area contributed by atoms with Crippen molar-refractivity contribution in [3.05, 3.63) is 45.8 Å². The van der Waals surface area contributed by atoms with E-state index in [2.05, 4.69) is 0 Å². The van der Waals surface area contributed by atoms with Gasteiger partial charge < -0.3 is 14.4 Å². The van der Waals surface area contributed by atoms with Gasteiger partial charge in [0, 0.05) is 11.4 Å². The van der Waals surface area contributed by atoms with E-state index in [0.29, 0.717) is 16.5 Å². The summed E-state index contributed by atoms with van der Waals surface area (Å²) >= 11 is 0. The Labute approximate surface area is 133 Å². The van der Waals surface area contributed by atoms with Crippen LogP contribution in [0.2, 0.25) is 0 Å². The number of hydrogen-bond donors (Lipinski definition) is 1. The fourth-order valence-electron chi connectivity index (χ4n) is 4.10. The first-order valence-electron chi connectivity index (χ1n) is 8.14. The number of hydrogen-bond acceptors (Lipinski definition) is 4. The number of benzene rings is 1. The molecule has 0 bridgehead atoms. The second-order valence-corrected chi connectivity index (χ2v) is 6.62. The van der Waals surface area contributed by atoms with Gasteiger partial charge in [0.05, 0.1) is 5.56 Å². The molecule has 1 atom stereocenters. The zero-order chi connectivity index (χ0) is 16.2. The van der Waals surface area contributed by atoms with Crippen LogP contribution in [0.25, 0.3) is 11.0 Å². The van der Waals surface area contributed by atoms with Gasteiger partial charge in [-0.05, 0) is 25.8 Å². The highest BCUT2D eigenvalue weighted by atomic mass is 16.4. The van der Waals surface area contributed by atoms with Crippen molar-refractivity contribution >= 4 is 16.9 Å². The molecular weight excluding hydrogens is 294 g/mol. The van der Waals surface area contributed by atoms with Gasteiger partial charge in [-0.1, -0.05) is 37.5 Å². The van der Waals surface area contributed by atoms with Crippen molar-refractivity contribution in [2.24, 2.45) is 0 Å². The summed E-state index contributed by atoms with van der Waals surface area (Å²) in [5.41, 5.74) is -1.49. The number of fused-ring (bicyclic) bond motifs is 3. The molecule has 4 rings (SSSR count). The molecule has 1 unspecified atom stereocenters. The fourth-order valence-corrected chi connectivity index (χ4v) is 4.10. The van der Waals surface area contributed by atoms with Crippen LogP contribution in [0.15, 0.2) is 33.5 Å². The molecule has 120 valence electrons. The van der Waals surface area contributed by atoms with Gasteiger partial charge in [0.15, 0.2) is 5.72 Å². The maximum absolute atomic E-state index is 13.1.